The van der Waals surface area contributed by atoms with Crippen LogP contribution < -0.4 is 0 Å². The molecule has 1 aliphatic carbocycles. The Morgan fingerprint density at radius 3 is 2.06 bits per heavy atom. The topological polar surface area (TPSA) is 0 Å². The molecule has 0 nitrogen and oxygen atoms in total. The van der Waals surface area contributed by atoms with E-state index in [1.165, 1.54) is 24.3 Å². The second-order valence-corrected chi connectivity index (χ2v) is 8.07. The lowest BCUT2D eigenvalue weighted by Crippen LogP contribution is -2.12. The molecular weight excluding hydrogens is 414 g/mol. The third-order valence-corrected chi connectivity index (χ3v) is 6.19. The number of alkyl halides is 3. The molecule has 0 spiro atoms. The van der Waals surface area contributed by atoms with Crippen LogP contribution >= 0.6 is 0 Å². The van der Waals surface area contributed by atoms with Gasteiger partial charge < -0.3 is 0 Å². The molecule has 0 atom stereocenters. The maximum atomic E-state index is 14.9. The van der Waals surface area contributed by atoms with Gasteiger partial charge >= 0.3 is 6.18 Å². The summed E-state index contributed by atoms with van der Waals surface area (Å²) in [5, 5.41) is -0.122. The molecule has 31 heavy (non-hydrogen) atoms. The second kappa shape index (κ2) is 8.06. The molecule has 0 aromatic heterocycles. The number of allylic oxidation sites excluding steroid dienone is 1. The van der Waals surface area contributed by atoms with E-state index in [1.807, 2.05) is 6.08 Å². The van der Waals surface area contributed by atoms with Crippen molar-refractivity contribution in [2.24, 2.45) is 5.92 Å². The Labute approximate surface area is 176 Å². The highest BCUT2D eigenvalue weighted by Crippen LogP contribution is 2.40. The summed E-state index contributed by atoms with van der Waals surface area (Å²) in [5.74, 6) is -2.38. The first-order valence-corrected chi connectivity index (χ1v) is 10.1. The molecule has 1 fully saturated rings. The van der Waals surface area contributed by atoms with Crippen LogP contribution in [0.4, 0.5) is 26.3 Å². The fraction of sp³-hybridized carbons (Fsp3) is 0.280. The van der Waals surface area contributed by atoms with Crippen molar-refractivity contribution >= 4 is 10.8 Å². The first-order valence-electron chi connectivity index (χ1n) is 10.1. The van der Waals surface area contributed by atoms with Gasteiger partial charge in [-0.25, -0.2) is 13.2 Å². The molecule has 3 aromatic rings. The summed E-state index contributed by atoms with van der Waals surface area (Å²) in [6.45, 7) is 3.80. The third kappa shape index (κ3) is 4.08. The van der Waals surface area contributed by atoms with Gasteiger partial charge in [0.05, 0.1) is 11.1 Å². The predicted octanol–water partition coefficient (Wildman–Crippen LogP) is 8.40. The molecular formula is C25H20F6. The molecule has 0 radical (unpaired) electrons. The van der Waals surface area contributed by atoms with Gasteiger partial charge in [-0.05, 0) is 78.3 Å². The van der Waals surface area contributed by atoms with E-state index in [9.17, 15) is 26.3 Å². The van der Waals surface area contributed by atoms with E-state index in [1.54, 1.807) is 0 Å². The SMILES string of the molecule is C=CC1CCC(c2cc(F)c(-c3ccc4c(F)c(C(F)(F)F)ccc4c3)c(F)c2)CC1. The number of fused-ring (bicyclic) bond motifs is 1. The Bertz CT molecular complexity index is 1110. The van der Waals surface area contributed by atoms with Gasteiger partial charge in [-0.2, -0.15) is 13.2 Å². The van der Waals surface area contributed by atoms with Crippen molar-refractivity contribution in [3.63, 3.8) is 0 Å². The molecule has 0 N–H and O–H groups in total. The Morgan fingerprint density at radius 1 is 0.839 bits per heavy atom. The van der Waals surface area contributed by atoms with E-state index in [4.69, 9.17) is 0 Å². The summed E-state index contributed by atoms with van der Waals surface area (Å²) in [4.78, 5) is 0. The molecule has 1 saturated carbocycles. The van der Waals surface area contributed by atoms with E-state index < -0.39 is 29.2 Å². The Morgan fingerprint density at radius 2 is 1.48 bits per heavy atom. The number of hydrogen-bond donors (Lipinski definition) is 0. The molecule has 162 valence electrons. The van der Waals surface area contributed by atoms with Crippen molar-refractivity contribution in [3.05, 3.63) is 83.7 Å². The number of halogens is 6. The molecule has 0 bridgehead atoms. The van der Waals surface area contributed by atoms with Gasteiger partial charge in [0, 0.05) is 5.39 Å². The molecule has 0 unspecified atom stereocenters. The van der Waals surface area contributed by atoms with E-state index in [2.05, 4.69) is 6.58 Å². The van der Waals surface area contributed by atoms with E-state index in [0.717, 1.165) is 37.8 Å². The number of hydrogen-bond acceptors (Lipinski definition) is 0. The first-order chi connectivity index (χ1) is 14.7. The summed E-state index contributed by atoms with van der Waals surface area (Å²) in [7, 11) is 0. The second-order valence-electron chi connectivity index (χ2n) is 8.07. The van der Waals surface area contributed by atoms with Crippen LogP contribution in [0, 0.1) is 23.4 Å². The highest BCUT2D eigenvalue weighted by atomic mass is 19.4. The molecule has 0 amide bonds. The highest BCUT2D eigenvalue weighted by Gasteiger charge is 2.34. The van der Waals surface area contributed by atoms with Crippen molar-refractivity contribution in [2.75, 3.05) is 0 Å². The molecule has 0 saturated heterocycles. The lowest BCUT2D eigenvalue weighted by molar-refractivity contribution is -0.139. The van der Waals surface area contributed by atoms with Gasteiger partial charge in [-0.1, -0.05) is 24.3 Å². The Kier molecular flexibility index (Phi) is 5.58. The maximum absolute atomic E-state index is 14.9. The Balaban J connectivity index is 1.70. The zero-order chi connectivity index (χ0) is 22.3. The smallest absolute Gasteiger partial charge is 0.206 e. The van der Waals surface area contributed by atoms with Gasteiger partial charge in [0.15, 0.2) is 0 Å². The quantitative estimate of drug-likeness (QED) is 0.287. The van der Waals surface area contributed by atoms with Crippen molar-refractivity contribution in [3.8, 4) is 11.1 Å². The average molecular weight is 434 g/mol. The van der Waals surface area contributed by atoms with Crippen LogP contribution in [0.5, 0.6) is 0 Å². The summed E-state index contributed by atoms with van der Waals surface area (Å²) in [6, 6.07) is 8.06. The van der Waals surface area contributed by atoms with Gasteiger partial charge in [-0.15, -0.1) is 6.58 Å². The van der Waals surface area contributed by atoms with Crippen LogP contribution in [-0.2, 0) is 6.18 Å². The largest absolute Gasteiger partial charge is 0.419 e. The third-order valence-electron chi connectivity index (χ3n) is 6.19. The molecule has 4 rings (SSSR count). The van der Waals surface area contributed by atoms with Gasteiger partial charge in [-0.3, -0.25) is 0 Å². The minimum atomic E-state index is -4.82. The lowest BCUT2D eigenvalue weighted by atomic mass is 9.78. The standard InChI is InChI=1S/C25H20F6/c1-2-14-3-5-15(6-4-14)18-12-21(26)23(22(27)13-18)17-7-9-19-16(11-17)8-10-20(24(19)28)25(29,30)31/h2,7-15H,1,3-6H2. The maximum Gasteiger partial charge on any atom is 0.419 e. The van der Waals surface area contributed by atoms with Crippen LogP contribution in [0.1, 0.15) is 42.7 Å². The fourth-order valence-electron chi connectivity index (χ4n) is 4.46. The van der Waals surface area contributed by atoms with Crippen LogP contribution in [-0.4, -0.2) is 0 Å². The van der Waals surface area contributed by atoms with Crippen LogP contribution in [0.2, 0.25) is 0 Å². The summed E-state index contributed by atoms with van der Waals surface area (Å²) >= 11 is 0. The lowest BCUT2D eigenvalue weighted by Gasteiger charge is -2.27. The number of benzene rings is 3. The fourth-order valence-corrected chi connectivity index (χ4v) is 4.46. The Hall–Kier alpha value is -2.76. The molecule has 6 heteroatoms. The van der Waals surface area contributed by atoms with Crippen LogP contribution in [0.15, 0.2) is 55.1 Å². The van der Waals surface area contributed by atoms with Gasteiger partial charge in [0.2, 0.25) is 0 Å². The highest BCUT2D eigenvalue weighted by molar-refractivity contribution is 5.88. The summed E-state index contributed by atoms with van der Waals surface area (Å²) in [6.07, 6.45) is 0.596. The predicted molar refractivity (Wildman–Crippen MR) is 109 cm³/mol. The van der Waals surface area contributed by atoms with Gasteiger partial charge in [0.1, 0.15) is 17.5 Å². The van der Waals surface area contributed by atoms with Crippen molar-refractivity contribution < 1.29 is 26.3 Å². The van der Waals surface area contributed by atoms with Crippen molar-refractivity contribution in [1.29, 1.82) is 0 Å². The van der Waals surface area contributed by atoms with Crippen LogP contribution in [0.25, 0.3) is 21.9 Å². The van der Waals surface area contributed by atoms with E-state index in [0.29, 0.717) is 17.5 Å². The molecule has 3 aromatic carbocycles. The number of rotatable bonds is 3. The molecule has 1 aliphatic rings. The van der Waals surface area contributed by atoms with E-state index >= 15 is 0 Å². The summed E-state index contributed by atoms with van der Waals surface area (Å²) in [5.41, 5.74) is -0.905. The molecule has 0 heterocycles. The average Bonchev–Trinajstić information content (AvgIpc) is 2.72. The van der Waals surface area contributed by atoms with Crippen LogP contribution in [0.3, 0.4) is 0 Å². The van der Waals surface area contributed by atoms with Gasteiger partial charge in [0.25, 0.3) is 0 Å². The zero-order valence-electron chi connectivity index (χ0n) is 16.6. The molecule has 0 aliphatic heterocycles. The minimum Gasteiger partial charge on any atom is -0.206 e. The monoisotopic (exact) mass is 434 g/mol. The minimum absolute atomic E-state index is 0.0701. The summed E-state index contributed by atoms with van der Waals surface area (Å²) < 4.78 is 82.9. The van der Waals surface area contributed by atoms with E-state index in [-0.39, 0.29) is 27.8 Å². The normalized spacial score (nSPS) is 19.5. The van der Waals surface area contributed by atoms with Crippen molar-refractivity contribution in [1.82, 2.24) is 0 Å². The van der Waals surface area contributed by atoms with Crippen molar-refractivity contribution in [2.45, 2.75) is 37.8 Å². The zero-order valence-corrected chi connectivity index (χ0v) is 16.6. The first kappa shape index (κ1) is 21.5.